The van der Waals surface area contributed by atoms with Gasteiger partial charge in [-0.3, -0.25) is 9.08 Å². The number of nitrogens with zero attached hydrogens (tertiary/aromatic N) is 1. The monoisotopic (exact) mass is 323 g/mol. The van der Waals surface area contributed by atoms with Crippen molar-refractivity contribution >= 4 is 16.2 Å². The Bertz CT molecular complexity index is 464. The van der Waals surface area contributed by atoms with E-state index in [1.807, 2.05) is 0 Å². The zero-order chi connectivity index (χ0) is 16.3. The van der Waals surface area contributed by atoms with Gasteiger partial charge in [0.2, 0.25) is 0 Å². The highest BCUT2D eigenvalue weighted by Gasteiger charge is 2.45. The Morgan fingerprint density at radius 3 is 2.19 bits per heavy atom. The number of hydrogen-bond acceptors (Lipinski definition) is 6. The molecule has 0 radical (unpaired) electrons. The fourth-order valence-electron chi connectivity index (χ4n) is 1.97. The summed E-state index contributed by atoms with van der Waals surface area (Å²) in [6.07, 6.45) is 2.87. The van der Waals surface area contributed by atoms with E-state index in [1.165, 1.54) is 4.90 Å². The number of amides is 1. The molecule has 1 amide bonds. The van der Waals surface area contributed by atoms with Gasteiger partial charge in [0.1, 0.15) is 11.3 Å². The van der Waals surface area contributed by atoms with Crippen LogP contribution < -0.4 is 0 Å². The van der Waals surface area contributed by atoms with Crippen molar-refractivity contribution in [2.24, 2.45) is 0 Å². The topological polar surface area (TPSA) is 82.1 Å². The van der Waals surface area contributed by atoms with Gasteiger partial charge in [0.05, 0.1) is 19.5 Å². The van der Waals surface area contributed by atoms with Crippen LogP contribution in [-0.2, 0) is 23.8 Å². The van der Waals surface area contributed by atoms with Gasteiger partial charge >= 0.3 is 6.09 Å². The summed E-state index contributed by atoms with van der Waals surface area (Å²) in [6, 6.07) is 0. The third-order valence-electron chi connectivity index (χ3n) is 3.16. The van der Waals surface area contributed by atoms with Crippen LogP contribution in [0.2, 0.25) is 0 Å². The van der Waals surface area contributed by atoms with Crippen LogP contribution in [0.3, 0.4) is 0 Å². The summed E-state index contributed by atoms with van der Waals surface area (Å²) in [6.45, 7) is 5.43. The molecule has 1 aliphatic carbocycles. The van der Waals surface area contributed by atoms with Crippen LogP contribution in [0, 0.1) is 0 Å². The van der Waals surface area contributed by atoms with Gasteiger partial charge in [-0.15, -0.1) is 0 Å². The largest absolute Gasteiger partial charge is 0.444 e. The van der Waals surface area contributed by atoms with Gasteiger partial charge in [0.25, 0.3) is 10.1 Å². The molecule has 0 N–H and O–H groups in total. The van der Waals surface area contributed by atoms with E-state index in [0.29, 0.717) is 12.8 Å². The predicted octanol–water partition coefficient (Wildman–Crippen LogP) is 1.73. The molecule has 124 valence electrons. The molecule has 8 heteroatoms. The lowest BCUT2D eigenvalue weighted by atomic mass is 9.87. The molecule has 1 aliphatic rings. The van der Waals surface area contributed by atoms with Gasteiger partial charge in [-0.1, -0.05) is 0 Å². The molecule has 0 saturated heterocycles. The number of rotatable bonds is 6. The summed E-state index contributed by atoms with van der Waals surface area (Å²) in [5, 5.41) is 0. The lowest BCUT2D eigenvalue weighted by Crippen LogP contribution is -2.57. The van der Waals surface area contributed by atoms with Crippen molar-refractivity contribution in [2.45, 2.75) is 51.4 Å². The average molecular weight is 323 g/mol. The maximum atomic E-state index is 12.1. The van der Waals surface area contributed by atoms with E-state index in [4.69, 9.17) is 9.47 Å². The van der Waals surface area contributed by atoms with E-state index in [1.54, 1.807) is 27.8 Å². The number of carbonyl (C=O) groups excluding carboxylic acids is 1. The van der Waals surface area contributed by atoms with E-state index >= 15 is 0 Å². The van der Waals surface area contributed by atoms with Crippen molar-refractivity contribution in [1.29, 1.82) is 0 Å². The summed E-state index contributed by atoms with van der Waals surface area (Å²) >= 11 is 0. The Morgan fingerprint density at radius 1 is 1.24 bits per heavy atom. The maximum absolute atomic E-state index is 12.1. The fourth-order valence-corrected chi connectivity index (χ4v) is 2.34. The van der Waals surface area contributed by atoms with Crippen molar-refractivity contribution in [3.8, 4) is 0 Å². The zero-order valence-corrected chi connectivity index (χ0v) is 14.2. The Kier molecular flexibility index (Phi) is 5.63. The Balaban J connectivity index is 2.53. The zero-order valence-electron chi connectivity index (χ0n) is 13.3. The minimum Gasteiger partial charge on any atom is -0.444 e. The second-order valence-corrected chi connectivity index (χ2v) is 7.86. The Morgan fingerprint density at radius 2 is 1.81 bits per heavy atom. The molecule has 0 aromatic rings. The molecule has 1 saturated carbocycles. The van der Waals surface area contributed by atoms with Crippen LogP contribution >= 0.6 is 0 Å². The van der Waals surface area contributed by atoms with E-state index < -0.39 is 27.5 Å². The van der Waals surface area contributed by atoms with Crippen molar-refractivity contribution in [3.05, 3.63) is 0 Å². The first-order chi connectivity index (χ1) is 9.45. The second kappa shape index (κ2) is 6.50. The first-order valence-corrected chi connectivity index (χ1v) is 8.72. The summed E-state index contributed by atoms with van der Waals surface area (Å²) in [7, 11) is -1.85. The molecule has 21 heavy (non-hydrogen) atoms. The molecule has 0 spiro atoms. The molecule has 0 bridgehead atoms. The minimum absolute atomic E-state index is 0.0667. The van der Waals surface area contributed by atoms with E-state index in [-0.39, 0.29) is 13.2 Å². The van der Waals surface area contributed by atoms with Gasteiger partial charge in [0, 0.05) is 7.05 Å². The molecular formula is C13H25NO6S. The Labute approximate surface area is 126 Å². The molecule has 7 nitrogen and oxygen atoms in total. The first kappa shape index (κ1) is 18.2. The maximum Gasteiger partial charge on any atom is 0.412 e. The van der Waals surface area contributed by atoms with Gasteiger partial charge in [-0.2, -0.15) is 8.42 Å². The van der Waals surface area contributed by atoms with E-state index in [0.717, 1.165) is 12.7 Å². The predicted molar refractivity (Wildman–Crippen MR) is 77.3 cm³/mol. The molecular weight excluding hydrogens is 298 g/mol. The average Bonchev–Trinajstić information content (AvgIpc) is 2.22. The second-order valence-electron chi connectivity index (χ2n) is 6.21. The smallest absolute Gasteiger partial charge is 0.412 e. The van der Waals surface area contributed by atoms with Crippen molar-refractivity contribution < 1.29 is 26.9 Å². The fraction of sp³-hybridized carbons (Fsp3) is 0.923. The van der Waals surface area contributed by atoms with Crippen LogP contribution in [0.25, 0.3) is 0 Å². The van der Waals surface area contributed by atoms with Crippen LogP contribution in [0.15, 0.2) is 0 Å². The van der Waals surface area contributed by atoms with Gasteiger partial charge in [-0.25, -0.2) is 4.79 Å². The van der Waals surface area contributed by atoms with Gasteiger partial charge in [0.15, 0.2) is 0 Å². The lowest BCUT2D eigenvalue weighted by molar-refractivity contribution is -0.188. The molecule has 0 heterocycles. The van der Waals surface area contributed by atoms with Gasteiger partial charge in [-0.05, 0) is 40.0 Å². The van der Waals surface area contributed by atoms with Gasteiger partial charge < -0.3 is 9.47 Å². The third-order valence-corrected chi connectivity index (χ3v) is 3.76. The van der Waals surface area contributed by atoms with Crippen LogP contribution in [0.1, 0.15) is 40.0 Å². The number of carbonyl (C=O) groups is 1. The normalized spacial score (nSPS) is 18.0. The summed E-state index contributed by atoms with van der Waals surface area (Å²) in [5.41, 5.74) is -1.29. The van der Waals surface area contributed by atoms with E-state index in [9.17, 15) is 13.2 Å². The van der Waals surface area contributed by atoms with Crippen molar-refractivity contribution in [2.75, 3.05) is 26.5 Å². The Hall–Kier alpha value is -0.860. The van der Waals surface area contributed by atoms with Crippen molar-refractivity contribution in [3.63, 3.8) is 0 Å². The van der Waals surface area contributed by atoms with E-state index in [2.05, 4.69) is 4.18 Å². The molecule has 0 atom stereocenters. The molecule has 0 aliphatic heterocycles. The summed E-state index contributed by atoms with van der Waals surface area (Å²) < 4.78 is 37.4. The number of ether oxygens (including phenoxy) is 2. The molecule has 0 aromatic heterocycles. The minimum atomic E-state index is -3.48. The molecule has 1 rings (SSSR count). The lowest BCUT2D eigenvalue weighted by Gasteiger charge is -2.47. The molecule has 0 aromatic carbocycles. The molecule has 1 fully saturated rings. The SMILES string of the molecule is CN(C(=O)OC(C)(C)C)C1(OCCOS(C)(=O)=O)CCC1. The highest BCUT2D eigenvalue weighted by Crippen LogP contribution is 2.38. The summed E-state index contributed by atoms with van der Waals surface area (Å²) in [4.78, 5) is 13.5. The highest BCUT2D eigenvalue weighted by molar-refractivity contribution is 7.85. The quantitative estimate of drug-likeness (QED) is 0.420. The summed E-state index contributed by atoms with van der Waals surface area (Å²) in [5.74, 6) is 0. The highest BCUT2D eigenvalue weighted by atomic mass is 32.2. The number of hydrogen-bond donors (Lipinski definition) is 0. The standard InChI is InChI=1S/C13H25NO6S/c1-12(2,3)20-11(15)14(4)13(7-6-8-13)18-9-10-19-21(5,16)17/h6-10H2,1-5H3. The van der Waals surface area contributed by atoms with Crippen LogP contribution in [0.5, 0.6) is 0 Å². The van der Waals surface area contributed by atoms with Crippen LogP contribution in [0.4, 0.5) is 4.79 Å². The third kappa shape index (κ3) is 5.80. The van der Waals surface area contributed by atoms with Crippen LogP contribution in [-0.4, -0.2) is 57.3 Å². The van der Waals surface area contributed by atoms with Crippen molar-refractivity contribution in [1.82, 2.24) is 4.90 Å². The first-order valence-electron chi connectivity index (χ1n) is 6.90. The molecule has 0 unspecified atom stereocenters.